The van der Waals surface area contributed by atoms with Crippen molar-refractivity contribution in [3.63, 3.8) is 0 Å². The standard InChI is InChI=1S/C18H27N7O2/c1-2-27-18(26)14-4-9-25(10-5-14)17-15(19)16(22-12-23-17)21-6-3-8-24-11-7-20-13-24/h7,11-14H,2-6,8-10,19H2,1H3,(H,21,22,23). The molecule has 2 aromatic rings. The number of nitrogens with two attached hydrogens (primary N) is 1. The zero-order chi connectivity index (χ0) is 19.1. The van der Waals surface area contributed by atoms with E-state index in [0.29, 0.717) is 18.1 Å². The molecule has 9 nitrogen and oxygen atoms in total. The van der Waals surface area contributed by atoms with Gasteiger partial charge >= 0.3 is 5.97 Å². The Labute approximate surface area is 158 Å². The van der Waals surface area contributed by atoms with Crippen molar-refractivity contribution < 1.29 is 9.53 Å². The molecule has 0 bridgehead atoms. The van der Waals surface area contributed by atoms with E-state index >= 15 is 0 Å². The fourth-order valence-corrected chi connectivity index (χ4v) is 3.25. The fourth-order valence-electron chi connectivity index (χ4n) is 3.25. The third-order valence-corrected chi connectivity index (χ3v) is 4.72. The third kappa shape index (κ3) is 4.87. The Hall–Kier alpha value is -2.84. The van der Waals surface area contributed by atoms with Crippen LogP contribution in [0.3, 0.4) is 0 Å². The summed E-state index contributed by atoms with van der Waals surface area (Å²) in [5.74, 6) is 1.24. The largest absolute Gasteiger partial charge is 0.466 e. The smallest absolute Gasteiger partial charge is 0.309 e. The van der Waals surface area contributed by atoms with Crippen LogP contribution in [0.15, 0.2) is 25.0 Å². The lowest BCUT2D eigenvalue weighted by atomic mass is 9.97. The molecule has 0 radical (unpaired) electrons. The number of piperidine rings is 1. The number of aromatic nitrogens is 4. The van der Waals surface area contributed by atoms with Gasteiger partial charge in [-0.25, -0.2) is 15.0 Å². The second-order valence-electron chi connectivity index (χ2n) is 6.55. The summed E-state index contributed by atoms with van der Waals surface area (Å²) < 4.78 is 7.16. The Balaban J connectivity index is 1.53. The highest BCUT2D eigenvalue weighted by atomic mass is 16.5. The number of nitrogens with one attached hydrogen (secondary N) is 1. The molecule has 1 aliphatic heterocycles. The number of hydrogen-bond acceptors (Lipinski definition) is 8. The monoisotopic (exact) mass is 373 g/mol. The lowest BCUT2D eigenvalue weighted by Gasteiger charge is -2.32. The number of aryl methyl sites for hydroxylation is 1. The van der Waals surface area contributed by atoms with Crippen LogP contribution in [0, 0.1) is 5.92 Å². The minimum atomic E-state index is -0.104. The second-order valence-corrected chi connectivity index (χ2v) is 6.55. The highest BCUT2D eigenvalue weighted by molar-refractivity contribution is 5.76. The molecule has 9 heteroatoms. The van der Waals surface area contributed by atoms with Gasteiger partial charge in [-0.1, -0.05) is 0 Å². The molecule has 0 saturated carbocycles. The second kappa shape index (κ2) is 9.20. The van der Waals surface area contributed by atoms with E-state index in [9.17, 15) is 4.79 Å². The molecule has 2 aromatic heterocycles. The molecule has 0 atom stereocenters. The number of hydrogen-bond donors (Lipinski definition) is 2. The molecule has 1 saturated heterocycles. The molecule has 3 rings (SSSR count). The number of carbonyl (C=O) groups is 1. The van der Waals surface area contributed by atoms with Crippen LogP contribution in [0.5, 0.6) is 0 Å². The number of anilines is 3. The number of rotatable bonds is 8. The van der Waals surface area contributed by atoms with Gasteiger partial charge in [0.15, 0.2) is 11.6 Å². The first-order valence-electron chi connectivity index (χ1n) is 9.40. The lowest BCUT2D eigenvalue weighted by Crippen LogP contribution is -2.38. The van der Waals surface area contributed by atoms with Gasteiger partial charge < -0.3 is 25.3 Å². The maximum atomic E-state index is 11.9. The molecule has 0 aromatic carbocycles. The molecule has 0 unspecified atom stereocenters. The molecule has 27 heavy (non-hydrogen) atoms. The number of carbonyl (C=O) groups excluding carboxylic acids is 1. The molecule has 1 fully saturated rings. The van der Waals surface area contributed by atoms with E-state index in [1.807, 2.05) is 17.7 Å². The maximum absolute atomic E-state index is 11.9. The number of imidazole rings is 1. The first-order valence-corrected chi connectivity index (χ1v) is 9.40. The van der Waals surface area contributed by atoms with Gasteiger partial charge in [0.25, 0.3) is 0 Å². The Morgan fingerprint density at radius 1 is 1.37 bits per heavy atom. The van der Waals surface area contributed by atoms with E-state index in [1.54, 1.807) is 12.5 Å². The van der Waals surface area contributed by atoms with Crippen molar-refractivity contribution in [2.75, 3.05) is 42.2 Å². The average molecular weight is 373 g/mol. The van der Waals surface area contributed by atoms with E-state index in [0.717, 1.165) is 51.3 Å². The Morgan fingerprint density at radius 3 is 2.89 bits per heavy atom. The van der Waals surface area contributed by atoms with E-state index in [2.05, 4.69) is 25.2 Å². The topological polar surface area (TPSA) is 111 Å². The maximum Gasteiger partial charge on any atom is 0.309 e. The summed E-state index contributed by atoms with van der Waals surface area (Å²) in [6.07, 6.45) is 9.47. The molecule has 0 amide bonds. The quantitative estimate of drug-likeness (QED) is 0.529. The van der Waals surface area contributed by atoms with Crippen molar-refractivity contribution in [3.05, 3.63) is 25.0 Å². The van der Waals surface area contributed by atoms with Crippen LogP contribution in [0.25, 0.3) is 0 Å². The zero-order valence-electron chi connectivity index (χ0n) is 15.7. The molecule has 0 spiro atoms. The van der Waals surface area contributed by atoms with Gasteiger partial charge in [0, 0.05) is 38.6 Å². The van der Waals surface area contributed by atoms with E-state index < -0.39 is 0 Å². The summed E-state index contributed by atoms with van der Waals surface area (Å²) in [6, 6.07) is 0. The number of nitrogen functional groups attached to an aromatic ring is 1. The summed E-state index contributed by atoms with van der Waals surface area (Å²) in [5, 5.41) is 3.29. The van der Waals surface area contributed by atoms with Gasteiger partial charge in [-0.3, -0.25) is 4.79 Å². The summed E-state index contributed by atoms with van der Waals surface area (Å²) in [7, 11) is 0. The van der Waals surface area contributed by atoms with Crippen molar-refractivity contribution >= 4 is 23.3 Å². The van der Waals surface area contributed by atoms with Crippen LogP contribution >= 0.6 is 0 Å². The summed E-state index contributed by atoms with van der Waals surface area (Å²) in [4.78, 5) is 26.7. The minimum Gasteiger partial charge on any atom is -0.466 e. The van der Waals surface area contributed by atoms with Gasteiger partial charge in [-0.05, 0) is 26.2 Å². The van der Waals surface area contributed by atoms with Crippen LogP contribution in [0.2, 0.25) is 0 Å². The van der Waals surface area contributed by atoms with Gasteiger partial charge in [0.1, 0.15) is 12.0 Å². The number of esters is 1. The van der Waals surface area contributed by atoms with Crippen LogP contribution in [0.1, 0.15) is 26.2 Å². The van der Waals surface area contributed by atoms with Gasteiger partial charge in [0.05, 0.1) is 18.9 Å². The molecule has 3 heterocycles. The van der Waals surface area contributed by atoms with E-state index in [4.69, 9.17) is 10.5 Å². The van der Waals surface area contributed by atoms with Crippen molar-refractivity contribution in [3.8, 4) is 0 Å². The fraction of sp³-hybridized carbons (Fsp3) is 0.556. The van der Waals surface area contributed by atoms with Crippen molar-refractivity contribution in [2.24, 2.45) is 5.92 Å². The predicted molar refractivity (Wildman–Crippen MR) is 103 cm³/mol. The van der Waals surface area contributed by atoms with E-state index in [-0.39, 0.29) is 11.9 Å². The average Bonchev–Trinajstić information content (AvgIpc) is 3.20. The van der Waals surface area contributed by atoms with Crippen LogP contribution in [0.4, 0.5) is 17.3 Å². The number of nitrogens with zero attached hydrogens (tertiary/aromatic N) is 5. The zero-order valence-corrected chi connectivity index (χ0v) is 15.7. The van der Waals surface area contributed by atoms with E-state index in [1.165, 1.54) is 6.33 Å². The summed E-state index contributed by atoms with van der Waals surface area (Å²) in [6.45, 7) is 5.35. The Bertz CT molecular complexity index is 727. The predicted octanol–water partition coefficient (Wildman–Crippen LogP) is 1.54. The highest BCUT2D eigenvalue weighted by Crippen LogP contribution is 2.30. The molecule has 146 valence electrons. The van der Waals surface area contributed by atoms with Crippen molar-refractivity contribution in [2.45, 2.75) is 32.7 Å². The molecule has 3 N–H and O–H groups in total. The van der Waals surface area contributed by atoms with Gasteiger partial charge in [0.2, 0.25) is 0 Å². The Morgan fingerprint density at radius 2 is 2.19 bits per heavy atom. The van der Waals surface area contributed by atoms with Crippen molar-refractivity contribution in [1.29, 1.82) is 0 Å². The SMILES string of the molecule is CCOC(=O)C1CCN(c2ncnc(NCCCn3ccnc3)c2N)CC1. The summed E-state index contributed by atoms with van der Waals surface area (Å²) >= 11 is 0. The highest BCUT2D eigenvalue weighted by Gasteiger charge is 2.27. The van der Waals surface area contributed by atoms with Crippen LogP contribution < -0.4 is 16.0 Å². The van der Waals surface area contributed by atoms with Gasteiger partial charge in [-0.2, -0.15) is 0 Å². The normalized spacial score (nSPS) is 14.9. The van der Waals surface area contributed by atoms with Crippen molar-refractivity contribution in [1.82, 2.24) is 19.5 Å². The van der Waals surface area contributed by atoms with Crippen LogP contribution in [-0.2, 0) is 16.1 Å². The molecular formula is C18H27N7O2. The third-order valence-electron chi connectivity index (χ3n) is 4.72. The summed E-state index contributed by atoms with van der Waals surface area (Å²) in [5.41, 5.74) is 6.85. The first kappa shape index (κ1) is 18.9. The molecular weight excluding hydrogens is 346 g/mol. The van der Waals surface area contributed by atoms with Gasteiger partial charge in [-0.15, -0.1) is 0 Å². The molecule has 0 aliphatic carbocycles. The minimum absolute atomic E-state index is 0.0370. The number of ether oxygens (including phenoxy) is 1. The molecule has 1 aliphatic rings. The lowest BCUT2D eigenvalue weighted by molar-refractivity contribution is -0.148. The Kier molecular flexibility index (Phi) is 6.45. The first-order chi connectivity index (χ1) is 13.2. The van der Waals surface area contributed by atoms with Crippen LogP contribution in [-0.4, -0.2) is 51.7 Å².